The maximum atomic E-state index is 12.2. The summed E-state index contributed by atoms with van der Waals surface area (Å²) in [6, 6.07) is -0.117. The third-order valence-corrected chi connectivity index (χ3v) is 4.24. The molecule has 1 rings (SSSR count). The van der Waals surface area contributed by atoms with Crippen molar-refractivity contribution in [1.29, 1.82) is 0 Å². The summed E-state index contributed by atoms with van der Waals surface area (Å²) >= 11 is 0. The second-order valence-electron chi connectivity index (χ2n) is 3.85. The van der Waals surface area contributed by atoms with Crippen LogP contribution in [-0.4, -0.2) is 41.6 Å². The smallest absolute Gasteiger partial charge is 0.246 e. The minimum atomic E-state index is -3.47. The van der Waals surface area contributed by atoms with Crippen molar-refractivity contribution in [1.82, 2.24) is 14.1 Å². The molecule has 16 heavy (non-hydrogen) atoms. The third kappa shape index (κ3) is 2.60. The molecule has 0 spiro atoms. The van der Waals surface area contributed by atoms with Crippen LogP contribution in [0.4, 0.5) is 0 Å². The predicted molar refractivity (Wildman–Crippen MR) is 61.3 cm³/mol. The molecule has 0 atom stereocenters. The largest absolute Gasteiger partial charge is 0.329 e. The van der Waals surface area contributed by atoms with Crippen molar-refractivity contribution < 1.29 is 8.42 Å². The first-order chi connectivity index (χ1) is 7.39. The SMILES string of the molecule is CC(C)N(CCN)S(=O)(=O)c1cnn(C)c1. The second kappa shape index (κ2) is 4.94. The number of sulfonamides is 1. The lowest BCUT2D eigenvalue weighted by Gasteiger charge is -2.24. The van der Waals surface area contributed by atoms with Gasteiger partial charge in [0.15, 0.2) is 0 Å². The van der Waals surface area contributed by atoms with Crippen LogP contribution in [0.1, 0.15) is 13.8 Å². The lowest BCUT2D eigenvalue weighted by Crippen LogP contribution is -2.40. The van der Waals surface area contributed by atoms with Crippen molar-refractivity contribution in [2.24, 2.45) is 12.8 Å². The molecule has 0 saturated carbocycles. The minimum absolute atomic E-state index is 0.117. The van der Waals surface area contributed by atoms with E-state index >= 15 is 0 Å². The summed E-state index contributed by atoms with van der Waals surface area (Å²) in [5.41, 5.74) is 5.42. The summed E-state index contributed by atoms with van der Waals surface area (Å²) in [6.45, 7) is 4.26. The number of hydrogen-bond acceptors (Lipinski definition) is 4. The molecule has 0 aliphatic rings. The summed E-state index contributed by atoms with van der Waals surface area (Å²) < 4.78 is 27.2. The zero-order chi connectivity index (χ0) is 12.3. The molecule has 6 nitrogen and oxygen atoms in total. The van der Waals surface area contributed by atoms with Gasteiger partial charge < -0.3 is 5.73 Å². The van der Waals surface area contributed by atoms with Crippen LogP contribution in [0.15, 0.2) is 17.3 Å². The Bertz CT molecular complexity index is 438. The summed E-state index contributed by atoms with van der Waals surface area (Å²) in [4.78, 5) is 0.206. The molecule has 92 valence electrons. The summed E-state index contributed by atoms with van der Waals surface area (Å²) in [5, 5.41) is 3.86. The van der Waals surface area contributed by atoms with Crippen LogP contribution >= 0.6 is 0 Å². The van der Waals surface area contributed by atoms with Crippen molar-refractivity contribution in [2.45, 2.75) is 24.8 Å². The lowest BCUT2D eigenvalue weighted by atomic mass is 10.4. The highest BCUT2D eigenvalue weighted by Crippen LogP contribution is 2.16. The average Bonchev–Trinajstić information content (AvgIpc) is 2.61. The van der Waals surface area contributed by atoms with Crippen molar-refractivity contribution in [3.05, 3.63) is 12.4 Å². The Morgan fingerprint density at radius 1 is 1.56 bits per heavy atom. The highest BCUT2D eigenvalue weighted by molar-refractivity contribution is 7.89. The molecule has 0 aliphatic carbocycles. The number of aromatic nitrogens is 2. The molecule has 0 radical (unpaired) electrons. The van der Waals surface area contributed by atoms with E-state index in [0.717, 1.165) is 0 Å². The third-order valence-electron chi connectivity index (χ3n) is 2.21. The summed E-state index contributed by atoms with van der Waals surface area (Å²) in [6.07, 6.45) is 2.84. The van der Waals surface area contributed by atoms with Gasteiger partial charge in [0.25, 0.3) is 0 Å². The van der Waals surface area contributed by atoms with Crippen LogP contribution in [0.3, 0.4) is 0 Å². The number of aryl methyl sites for hydroxylation is 1. The van der Waals surface area contributed by atoms with Gasteiger partial charge in [0.1, 0.15) is 4.90 Å². The molecule has 0 bridgehead atoms. The van der Waals surface area contributed by atoms with Crippen molar-refractivity contribution in [2.75, 3.05) is 13.1 Å². The summed E-state index contributed by atoms with van der Waals surface area (Å²) in [7, 11) is -1.79. The number of nitrogens with two attached hydrogens (primary N) is 1. The maximum absolute atomic E-state index is 12.2. The maximum Gasteiger partial charge on any atom is 0.246 e. The van der Waals surface area contributed by atoms with E-state index in [9.17, 15) is 8.42 Å². The van der Waals surface area contributed by atoms with Crippen LogP contribution in [-0.2, 0) is 17.1 Å². The Hall–Kier alpha value is -0.920. The van der Waals surface area contributed by atoms with Gasteiger partial charge in [-0.3, -0.25) is 4.68 Å². The van der Waals surface area contributed by atoms with Gasteiger partial charge in [0.2, 0.25) is 10.0 Å². The molecule has 1 heterocycles. The Balaban J connectivity index is 3.08. The fraction of sp³-hybridized carbons (Fsp3) is 0.667. The molecule has 1 aromatic heterocycles. The lowest BCUT2D eigenvalue weighted by molar-refractivity contribution is 0.361. The van der Waals surface area contributed by atoms with Crippen molar-refractivity contribution >= 4 is 10.0 Å². The van der Waals surface area contributed by atoms with Gasteiger partial charge in [-0.2, -0.15) is 9.40 Å². The number of hydrogen-bond donors (Lipinski definition) is 1. The predicted octanol–water partition coefficient (Wildman–Crippen LogP) is -0.222. The Morgan fingerprint density at radius 2 is 2.19 bits per heavy atom. The minimum Gasteiger partial charge on any atom is -0.329 e. The Labute approximate surface area is 96.1 Å². The van der Waals surface area contributed by atoms with Crippen LogP contribution in [0.2, 0.25) is 0 Å². The highest BCUT2D eigenvalue weighted by atomic mass is 32.2. The van der Waals surface area contributed by atoms with E-state index in [1.165, 1.54) is 21.4 Å². The first kappa shape index (κ1) is 13.1. The molecule has 0 aromatic carbocycles. The first-order valence-corrected chi connectivity index (χ1v) is 6.54. The van der Waals surface area contributed by atoms with Crippen LogP contribution < -0.4 is 5.73 Å². The van der Waals surface area contributed by atoms with Gasteiger partial charge in [-0.05, 0) is 13.8 Å². The van der Waals surface area contributed by atoms with E-state index in [4.69, 9.17) is 5.73 Å². The molecular weight excluding hydrogens is 228 g/mol. The quantitative estimate of drug-likeness (QED) is 0.778. The fourth-order valence-corrected chi connectivity index (χ4v) is 3.09. The van der Waals surface area contributed by atoms with Gasteiger partial charge in [-0.1, -0.05) is 0 Å². The first-order valence-electron chi connectivity index (χ1n) is 5.10. The number of rotatable bonds is 5. The Kier molecular flexibility index (Phi) is 4.06. The van der Waals surface area contributed by atoms with E-state index < -0.39 is 10.0 Å². The Morgan fingerprint density at radius 3 is 2.56 bits per heavy atom. The molecule has 0 unspecified atom stereocenters. The van der Waals surface area contributed by atoms with Gasteiger partial charge in [-0.15, -0.1) is 0 Å². The van der Waals surface area contributed by atoms with E-state index in [1.807, 2.05) is 13.8 Å². The van der Waals surface area contributed by atoms with Crippen LogP contribution in [0.25, 0.3) is 0 Å². The molecule has 7 heteroatoms. The fourth-order valence-electron chi connectivity index (χ4n) is 1.45. The van der Waals surface area contributed by atoms with E-state index in [0.29, 0.717) is 13.1 Å². The van der Waals surface area contributed by atoms with E-state index in [-0.39, 0.29) is 10.9 Å². The van der Waals surface area contributed by atoms with Crippen LogP contribution in [0, 0.1) is 0 Å². The molecule has 1 aromatic rings. The molecule has 0 aliphatic heterocycles. The van der Waals surface area contributed by atoms with Crippen molar-refractivity contribution in [3.8, 4) is 0 Å². The zero-order valence-corrected chi connectivity index (χ0v) is 10.6. The molecule has 0 saturated heterocycles. The summed E-state index contributed by atoms with van der Waals surface area (Å²) in [5.74, 6) is 0. The standard InChI is InChI=1S/C9H18N4O2S/c1-8(2)13(5-4-10)16(14,15)9-6-11-12(3)7-9/h6-8H,4-5,10H2,1-3H3. The monoisotopic (exact) mass is 246 g/mol. The molecular formula is C9H18N4O2S. The van der Waals surface area contributed by atoms with E-state index in [1.54, 1.807) is 7.05 Å². The topological polar surface area (TPSA) is 81.2 Å². The van der Waals surface area contributed by atoms with Gasteiger partial charge in [0.05, 0.1) is 6.20 Å². The second-order valence-corrected chi connectivity index (χ2v) is 5.74. The zero-order valence-electron chi connectivity index (χ0n) is 9.79. The molecule has 0 amide bonds. The van der Waals surface area contributed by atoms with Gasteiger partial charge >= 0.3 is 0 Å². The number of nitrogens with zero attached hydrogens (tertiary/aromatic N) is 3. The highest BCUT2D eigenvalue weighted by Gasteiger charge is 2.27. The normalized spacial score (nSPS) is 12.6. The van der Waals surface area contributed by atoms with Crippen LogP contribution in [0.5, 0.6) is 0 Å². The van der Waals surface area contributed by atoms with E-state index in [2.05, 4.69) is 5.10 Å². The molecule has 0 fully saturated rings. The molecule has 2 N–H and O–H groups in total. The van der Waals surface area contributed by atoms with Crippen molar-refractivity contribution in [3.63, 3.8) is 0 Å². The van der Waals surface area contributed by atoms with Gasteiger partial charge in [-0.25, -0.2) is 8.42 Å². The average molecular weight is 246 g/mol. The van der Waals surface area contributed by atoms with Gasteiger partial charge in [0, 0.05) is 32.4 Å².